The number of thiophene rings is 1. The maximum Gasteiger partial charge on any atom is 0.272 e. The summed E-state index contributed by atoms with van der Waals surface area (Å²) in [6.45, 7) is 1.15. The Morgan fingerprint density at radius 1 is 1.26 bits per heavy atom. The van der Waals surface area contributed by atoms with Crippen molar-refractivity contribution >= 4 is 55.1 Å². The van der Waals surface area contributed by atoms with Crippen LogP contribution in [0.3, 0.4) is 0 Å². The Balaban J connectivity index is 1.48. The number of carbonyl (C=O) groups is 1. The van der Waals surface area contributed by atoms with Gasteiger partial charge in [0.25, 0.3) is 5.56 Å². The molecule has 1 saturated heterocycles. The second kappa shape index (κ2) is 8.78. The molecule has 158 valence electrons. The molecule has 1 amide bonds. The van der Waals surface area contributed by atoms with Crippen molar-refractivity contribution in [2.75, 3.05) is 17.7 Å². The molecule has 0 spiro atoms. The van der Waals surface area contributed by atoms with Gasteiger partial charge < -0.3 is 10.1 Å². The highest BCUT2D eigenvalue weighted by Crippen LogP contribution is 2.31. The minimum atomic E-state index is -0.147. The van der Waals surface area contributed by atoms with Crippen LogP contribution in [0.2, 0.25) is 0 Å². The number of fused-ring (bicyclic) bond motifs is 3. The maximum absolute atomic E-state index is 13.4. The Morgan fingerprint density at radius 3 is 2.94 bits per heavy atom. The number of nitrogens with one attached hydrogen (secondary N) is 1. The second-order valence-electron chi connectivity index (χ2n) is 7.28. The average molecular weight is 453 g/mol. The van der Waals surface area contributed by atoms with Gasteiger partial charge in [-0.1, -0.05) is 30.0 Å². The number of amides is 1. The minimum absolute atomic E-state index is 0.0121. The second-order valence-corrected chi connectivity index (χ2v) is 9.23. The van der Waals surface area contributed by atoms with Crippen molar-refractivity contribution < 1.29 is 9.53 Å². The average Bonchev–Trinajstić information content (AvgIpc) is 3.43. The molecule has 1 aliphatic heterocycles. The largest absolute Gasteiger partial charge is 0.376 e. The van der Waals surface area contributed by atoms with Crippen LogP contribution in [0.25, 0.3) is 20.4 Å². The molecule has 4 aromatic rings. The van der Waals surface area contributed by atoms with E-state index in [1.54, 1.807) is 10.8 Å². The summed E-state index contributed by atoms with van der Waals surface area (Å²) in [6, 6.07) is 13.1. The zero-order valence-corrected chi connectivity index (χ0v) is 18.2. The molecule has 0 bridgehead atoms. The number of aromatic nitrogens is 3. The fourth-order valence-corrected chi connectivity index (χ4v) is 5.49. The number of hydrogen-bond donors (Lipinski definition) is 1. The first-order chi connectivity index (χ1) is 15.2. The highest BCUT2D eigenvalue weighted by molar-refractivity contribution is 7.99. The molecule has 4 heterocycles. The van der Waals surface area contributed by atoms with Crippen molar-refractivity contribution in [2.24, 2.45) is 0 Å². The molecule has 0 radical (unpaired) electrons. The number of benzene rings is 1. The molecule has 1 aromatic carbocycles. The normalized spacial score (nSPS) is 16.2. The van der Waals surface area contributed by atoms with E-state index in [-0.39, 0.29) is 23.3 Å². The number of hydrogen-bond acceptors (Lipinski definition) is 7. The molecule has 5 rings (SSSR count). The van der Waals surface area contributed by atoms with E-state index in [0.717, 1.165) is 28.7 Å². The first kappa shape index (κ1) is 20.2. The Bertz CT molecular complexity index is 1300. The predicted molar refractivity (Wildman–Crippen MR) is 124 cm³/mol. The van der Waals surface area contributed by atoms with E-state index in [9.17, 15) is 9.59 Å². The molecule has 7 nitrogen and oxygen atoms in total. The number of ether oxygens (including phenoxy) is 1. The Hall–Kier alpha value is -2.75. The van der Waals surface area contributed by atoms with Crippen LogP contribution in [0, 0.1) is 0 Å². The summed E-state index contributed by atoms with van der Waals surface area (Å²) in [5.41, 5.74) is 1.28. The van der Waals surface area contributed by atoms with Gasteiger partial charge in [0.05, 0.1) is 23.9 Å². The van der Waals surface area contributed by atoms with E-state index in [1.807, 2.05) is 42.5 Å². The predicted octanol–water partition coefficient (Wildman–Crippen LogP) is 3.92. The van der Waals surface area contributed by atoms with Crippen molar-refractivity contribution in [3.63, 3.8) is 0 Å². The third kappa shape index (κ3) is 4.21. The smallest absolute Gasteiger partial charge is 0.272 e. The lowest BCUT2D eigenvalue weighted by Crippen LogP contribution is -2.28. The Labute approximate surface area is 186 Å². The van der Waals surface area contributed by atoms with Gasteiger partial charge in [-0.25, -0.2) is 9.97 Å². The first-order valence-corrected chi connectivity index (χ1v) is 11.9. The van der Waals surface area contributed by atoms with Crippen LogP contribution in [0.1, 0.15) is 12.8 Å². The number of rotatable bonds is 6. The molecule has 1 fully saturated rings. The van der Waals surface area contributed by atoms with Crippen LogP contribution in [0.5, 0.6) is 0 Å². The molecule has 0 aliphatic carbocycles. The summed E-state index contributed by atoms with van der Waals surface area (Å²) in [5, 5.41) is 4.26. The fraction of sp³-hybridized carbons (Fsp3) is 0.273. The van der Waals surface area contributed by atoms with Gasteiger partial charge in [0, 0.05) is 23.9 Å². The van der Waals surface area contributed by atoms with E-state index >= 15 is 0 Å². The lowest BCUT2D eigenvalue weighted by Gasteiger charge is -2.15. The van der Waals surface area contributed by atoms with Crippen molar-refractivity contribution in [3.05, 3.63) is 59.0 Å². The van der Waals surface area contributed by atoms with Gasteiger partial charge in [-0.15, -0.1) is 11.3 Å². The molecule has 9 heteroatoms. The molecule has 0 saturated carbocycles. The lowest BCUT2D eigenvalue weighted by molar-refractivity contribution is -0.113. The van der Waals surface area contributed by atoms with E-state index < -0.39 is 0 Å². The standard InChI is InChI=1S/C22H20N4O3S2/c27-17(24-14-6-2-1-3-7-14)13-30-22-25-18-16-9-4-10-23-20(16)31-19(18)21(28)26(22)12-15-8-5-11-29-15/h1-4,6-7,9-10,15H,5,8,11-13H2,(H,24,27)/t15-/m1/s1. The van der Waals surface area contributed by atoms with E-state index in [1.165, 1.54) is 23.1 Å². The van der Waals surface area contributed by atoms with Gasteiger partial charge in [0.15, 0.2) is 5.16 Å². The third-order valence-corrected chi connectivity index (χ3v) is 7.19. The lowest BCUT2D eigenvalue weighted by atomic mass is 10.2. The quantitative estimate of drug-likeness (QED) is 0.353. The van der Waals surface area contributed by atoms with Crippen molar-refractivity contribution in [3.8, 4) is 0 Å². The molecule has 31 heavy (non-hydrogen) atoms. The van der Waals surface area contributed by atoms with E-state index in [4.69, 9.17) is 9.72 Å². The van der Waals surface area contributed by atoms with Gasteiger partial charge in [-0.3, -0.25) is 14.2 Å². The van der Waals surface area contributed by atoms with Gasteiger partial charge in [-0.2, -0.15) is 0 Å². The van der Waals surface area contributed by atoms with Crippen molar-refractivity contribution in [2.45, 2.75) is 30.6 Å². The van der Waals surface area contributed by atoms with Gasteiger partial charge >= 0.3 is 0 Å². The van der Waals surface area contributed by atoms with Crippen LogP contribution >= 0.6 is 23.1 Å². The summed E-state index contributed by atoms with van der Waals surface area (Å²) < 4.78 is 8.01. The van der Waals surface area contributed by atoms with Crippen LogP contribution in [0.15, 0.2) is 58.6 Å². The highest BCUT2D eigenvalue weighted by Gasteiger charge is 2.22. The Morgan fingerprint density at radius 2 is 2.13 bits per heavy atom. The topological polar surface area (TPSA) is 86.1 Å². The van der Waals surface area contributed by atoms with Gasteiger partial charge in [0.1, 0.15) is 9.53 Å². The van der Waals surface area contributed by atoms with Crippen LogP contribution in [0.4, 0.5) is 5.69 Å². The number of anilines is 1. The third-order valence-electron chi connectivity index (χ3n) is 5.12. The SMILES string of the molecule is O=C(CSc1nc2c(sc3ncccc32)c(=O)n1C[C@H]1CCCO1)Nc1ccccc1. The number of carbonyl (C=O) groups excluding carboxylic acids is 1. The summed E-state index contributed by atoms with van der Waals surface area (Å²) in [5.74, 6) is 0.00430. The first-order valence-electron chi connectivity index (χ1n) is 10.1. The zero-order valence-electron chi connectivity index (χ0n) is 16.6. The molecule has 1 atom stereocenters. The number of nitrogens with zero attached hydrogens (tertiary/aromatic N) is 3. The molecular formula is C22H20N4O3S2. The summed E-state index contributed by atoms with van der Waals surface area (Å²) >= 11 is 2.63. The number of pyridine rings is 1. The van der Waals surface area contributed by atoms with Crippen LogP contribution < -0.4 is 10.9 Å². The summed E-state index contributed by atoms with van der Waals surface area (Å²) in [6.07, 6.45) is 3.61. The number of para-hydroxylation sites is 1. The maximum atomic E-state index is 13.4. The number of thioether (sulfide) groups is 1. The zero-order chi connectivity index (χ0) is 21.2. The summed E-state index contributed by atoms with van der Waals surface area (Å²) in [4.78, 5) is 35.8. The fourth-order valence-electron chi connectivity index (χ4n) is 3.65. The molecule has 0 unspecified atom stereocenters. The molecule has 1 N–H and O–H groups in total. The molecule has 3 aromatic heterocycles. The van der Waals surface area contributed by atoms with Crippen molar-refractivity contribution in [1.29, 1.82) is 0 Å². The summed E-state index contributed by atoms with van der Waals surface area (Å²) in [7, 11) is 0. The van der Waals surface area contributed by atoms with Crippen LogP contribution in [-0.2, 0) is 16.1 Å². The van der Waals surface area contributed by atoms with E-state index in [2.05, 4.69) is 10.3 Å². The molecular weight excluding hydrogens is 432 g/mol. The minimum Gasteiger partial charge on any atom is -0.376 e. The Kier molecular flexibility index (Phi) is 5.71. The van der Waals surface area contributed by atoms with E-state index in [0.29, 0.717) is 28.5 Å². The van der Waals surface area contributed by atoms with Crippen molar-refractivity contribution in [1.82, 2.24) is 14.5 Å². The van der Waals surface area contributed by atoms with Gasteiger partial charge in [-0.05, 0) is 37.1 Å². The van der Waals surface area contributed by atoms with Gasteiger partial charge in [0.2, 0.25) is 5.91 Å². The highest BCUT2D eigenvalue weighted by atomic mass is 32.2. The molecule has 1 aliphatic rings. The van der Waals surface area contributed by atoms with Crippen LogP contribution in [-0.4, -0.2) is 38.9 Å². The monoisotopic (exact) mass is 452 g/mol.